The molecule has 0 radical (unpaired) electrons. The lowest BCUT2D eigenvalue weighted by molar-refractivity contribution is -0.158. The Balaban J connectivity index is 1.85. The van der Waals surface area contributed by atoms with Crippen molar-refractivity contribution >= 4 is 27.8 Å². The van der Waals surface area contributed by atoms with Gasteiger partial charge in [-0.15, -0.1) is 0 Å². The lowest BCUT2D eigenvalue weighted by Crippen LogP contribution is -2.46. The Morgan fingerprint density at radius 2 is 2.00 bits per heavy atom. The van der Waals surface area contributed by atoms with E-state index in [4.69, 9.17) is 4.74 Å². The van der Waals surface area contributed by atoms with Gasteiger partial charge in [-0.3, -0.25) is 5.10 Å². The molecule has 0 saturated heterocycles. The topological polar surface area (TPSA) is 80.1 Å². The van der Waals surface area contributed by atoms with E-state index in [2.05, 4.69) is 14.8 Å². The van der Waals surface area contributed by atoms with Crippen LogP contribution in [0.3, 0.4) is 0 Å². The first-order valence-corrected chi connectivity index (χ1v) is 10.8. The fraction of sp³-hybridized carbons (Fsp3) is 0.360. The molecule has 1 fully saturated rings. The van der Waals surface area contributed by atoms with E-state index in [0.717, 1.165) is 38.8 Å². The first kappa shape index (κ1) is 21.6. The van der Waals surface area contributed by atoms with Crippen LogP contribution in [0, 0.1) is 5.82 Å². The number of rotatable bonds is 6. The maximum Gasteiger partial charge on any atom is 0.341 e. The molecule has 6 nitrogen and oxygen atoms in total. The molecule has 0 aliphatic heterocycles. The van der Waals surface area contributed by atoms with Crippen molar-refractivity contribution in [3.05, 3.63) is 59.7 Å². The van der Waals surface area contributed by atoms with Crippen molar-refractivity contribution in [1.82, 2.24) is 14.8 Å². The standard InChI is InChI=1S/C25H25F2N3O3/c1-24(2,13-33-3)22-21(15-10-25(27,11-15)23(31)32)18-9-19-14(12-28-29-19)8-20(18)30(22)17-6-4-16(26)5-7-17/h4-9,12,15H,10-11,13H2,1-3H3,(H,28,29)(H,31,32)/t15-,25+. The minimum atomic E-state index is -2.23. The number of aliphatic carboxylic acids is 1. The highest BCUT2D eigenvalue weighted by Gasteiger charge is 2.53. The fourth-order valence-electron chi connectivity index (χ4n) is 5.22. The van der Waals surface area contributed by atoms with E-state index in [1.807, 2.05) is 26.0 Å². The third-order valence-electron chi connectivity index (χ3n) is 6.73. The number of fused-ring (bicyclic) bond motifs is 2. The molecule has 5 rings (SSSR count). The van der Waals surface area contributed by atoms with E-state index in [1.165, 1.54) is 12.1 Å². The Morgan fingerprint density at radius 3 is 2.64 bits per heavy atom. The lowest BCUT2D eigenvalue weighted by Gasteiger charge is -2.40. The van der Waals surface area contributed by atoms with Crippen LogP contribution in [-0.4, -0.2) is 45.2 Å². The lowest BCUT2D eigenvalue weighted by atomic mass is 9.67. The number of H-pyrrole nitrogens is 1. The van der Waals surface area contributed by atoms with Crippen molar-refractivity contribution in [3.8, 4) is 5.69 Å². The summed E-state index contributed by atoms with van der Waals surface area (Å²) in [6.45, 7) is 4.48. The second kappa shape index (κ2) is 7.38. The molecule has 1 aliphatic rings. The summed E-state index contributed by atoms with van der Waals surface area (Å²) in [5.41, 5.74) is 1.55. The molecule has 0 amide bonds. The van der Waals surface area contributed by atoms with Gasteiger partial charge in [0.15, 0.2) is 0 Å². The van der Waals surface area contributed by atoms with Crippen molar-refractivity contribution in [1.29, 1.82) is 0 Å². The van der Waals surface area contributed by atoms with Gasteiger partial charge in [0.05, 0.1) is 23.8 Å². The number of nitrogens with one attached hydrogen (secondary N) is 1. The number of benzene rings is 2. The molecule has 2 N–H and O–H groups in total. The second-order valence-electron chi connectivity index (χ2n) is 9.59. The molecule has 0 bridgehead atoms. The van der Waals surface area contributed by atoms with Crippen molar-refractivity contribution in [2.75, 3.05) is 13.7 Å². The highest BCUT2D eigenvalue weighted by molar-refractivity contribution is 5.99. The summed E-state index contributed by atoms with van der Waals surface area (Å²) < 4.78 is 36.2. The Bertz CT molecular complexity index is 1370. The van der Waals surface area contributed by atoms with Gasteiger partial charge in [-0.2, -0.15) is 5.10 Å². The van der Waals surface area contributed by atoms with Crippen molar-refractivity contribution in [2.24, 2.45) is 0 Å². The SMILES string of the molecule is COCC(C)(C)c1c([C@H]2C[C@](F)(C(=O)O)C2)c2cc3[nH]ncc3cc2n1-c1ccc(F)cc1. The zero-order valence-corrected chi connectivity index (χ0v) is 18.7. The molecule has 0 atom stereocenters. The first-order chi connectivity index (χ1) is 15.6. The average molecular weight is 453 g/mol. The van der Waals surface area contributed by atoms with Crippen LogP contribution in [0.1, 0.15) is 43.9 Å². The summed E-state index contributed by atoms with van der Waals surface area (Å²) >= 11 is 0. The summed E-state index contributed by atoms with van der Waals surface area (Å²) in [6.07, 6.45) is 1.54. The molecule has 2 heterocycles. The van der Waals surface area contributed by atoms with Gasteiger partial charge in [0.2, 0.25) is 5.67 Å². The number of carboxylic acid groups (broad SMARTS) is 1. The summed E-state index contributed by atoms with van der Waals surface area (Å²) in [4.78, 5) is 11.5. The summed E-state index contributed by atoms with van der Waals surface area (Å²) in [7, 11) is 1.63. The number of aromatic amines is 1. The largest absolute Gasteiger partial charge is 0.479 e. The molecule has 2 aromatic carbocycles. The third kappa shape index (κ3) is 3.31. The zero-order valence-electron chi connectivity index (χ0n) is 18.7. The van der Waals surface area contributed by atoms with E-state index in [0.29, 0.717) is 6.61 Å². The number of carbonyl (C=O) groups is 1. The van der Waals surface area contributed by atoms with E-state index < -0.39 is 17.1 Å². The zero-order chi connectivity index (χ0) is 23.5. The van der Waals surface area contributed by atoms with Crippen LogP contribution in [0.5, 0.6) is 0 Å². The fourth-order valence-corrected chi connectivity index (χ4v) is 5.22. The number of alkyl halides is 1. The van der Waals surface area contributed by atoms with E-state index in [1.54, 1.807) is 25.4 Å². The predicted molar refractivity (Wildman–Crippen MR) is 121 cm³/mol. The van der Waals surface area contributed by atoms with Crippen molar-refractivity contribution in [2.45, 2.75) is 43.7 Å². The number of hydrogen-bond donors (Lipinski definition) is 2. The molecule has 172 valence electrons. The number of aromatic nitrogens is 3. The van der Waals surface area contributed by atoms with Crippen LogP contribution in [0.15, 0.2) is 42.6 Å². The molecule has 33 heavy (non-hydrogen) atoms. The van der Waals surface area contributed by atoms with Gasteiger partial charge < -0.3 is 14.4 Å². The van der Waals surface area contributed by atoms with Crippen LogP contribution >= 0.6 is 0 Å². The van der Waals surface area contributed by atoms with Crippen molar-refractivity contribution in [3.63, 3.8) is 0 Å². The number of halogens is 2. The van der Waals surface area contributed by atoms with Gasteiger partial charge in [0.1, 0.15) is 5.82 Å². The van der Waals surface area contributed by atoms with E-state index >= 15 is 0 Å². The van der Waals surface area contributed by atoms with E-state index in [9.17, 15) is 18.7 Å². The van der Waals surface area contributed by atoms with Crippen LogP contribution < -0.4 is 0 Å². The molecule has 1 saturated carbocycles. The normalized spacial score (nSPS) is 20.9. The number of ether oxygens (including phenoxy) is 1. The molecule has 1 aliphatic carbocycles. The third-order valence-corrected chi connectivity index (χ3v) is 6.73. The summed E-state index contributed by atoms with van der Waals surface area (Å²) in [6, 6.07) is 10.2. The van der Waals surface area contributed by atoms with Crippen LogP contribution in [0.4, 0.5) is 8.78 Å². The number of methoxy groups -OCH3 is 1. The van der Waals surface area contributed by atoms with Crippen LogP contribution in [0.25, 0.3) is 27.5 Å². The molecular weight excluding hydrogens is 428 g/mol. The van der Waals surface area contributed by atoms with Crippen molar-refractivity contribution < 1.29 is 23.4 Å². The van der Waals surface area contributed by atoms with E-state index in [-0.39, 0.29) is 24.6 Å². The summed E-state index contributed by atoms with van der Waals surface area (Å²) in [5, 5.41) is 18.3. The highest BCUT2D eigenvalue weighted by atomic mass is 19.1. The second-order valence-corrected chi connectivity index (χ2v) is 9.59. The summed E-state index contributed by atoms with van der Waals surface area (Å²) in [5.74, 6) is -2.04. The Labute approximate surface area is 189 Å². The van der Waals surface area contributed by atoms with Gasteiger partial charge in [-0.05, 0) is 60.7 Å². The maximum atomic E-state index is 14.8. The molecule has 2 aromatic heterocycles. The Kier molecular flexibility index (Phi) is 4.83. The Hall–Kier alpha value is -3.26. The molecule has 0 spiro atoms. The maximum absolute atomic E-state index is 14.8. The first-order valence-electron chi connectivity index (χ1n) is 10.8. The number of hydrogen-bond acceptors (Lipinski definition) is 3. The smallest absolute Gasteiger partial charge is 0.341 e. The average Bonchev–Trinajstić information content (AvgIpc) is 3.32. The van der Waals surface area contributed by atoms with Gasteiger partial charge in [0.25, 0.3) is 0 Å². The molecule has 0 unspecified atom stereocenters. The molecule has 4 aromatic rings. The molecular formula is C25H25F2N3O3. The quantitative estimate of drug-likeness (QED) is 0.418. The minimum absolute atomic E-state index is 0.0953. The minimum Gasteiger partial charge on any atom is -0.479 e. The number of nitrogens with zero attached hydrogens (tertiary/aromatic N) is 2. The Morgan fingerprint density at radius 1 is 1.30 bits per heavy atom. The monoisotopic (exact) mass is 453 g/mol. The van der Waals surface area contributed by atoms with Gasteiger partial charge in [-0.25, -0.2) is 13.6 Å². The van der Waals surface area contributed by atoms with Crippen LogP contribution in [0.2, 0.25) is 0 Å². The predicted octanol–water partition coefficient (Wildman–Crippen LogP) is 5.24. The molecule has 8 heteroatoms. The van der Waals surface area contributed by atoms with Gasteiger partial charge >= 0.3 is 5.97 Å². The number of carboxylic acids is 1. The van der Waals surface area contributed by atoms with Gasteiger partial charge in [0, 0.05) is 34.7 Å². The van der Waals surface area contributed by atoms with Crippen LogP contribution in [-0.2, 0) is 14.9 Å². The van der Waals surface area contributed by atoms with Gasteiger partial charge in [-0.1, -0.05) is 13.8 Å². The highest BCUT2D eigenvalue weighted by Crippen LogP contribution is 2.53.